The molecular formula is C19H22N4O2. The average molecular weight is 338 g/mol. The molecular weight excluding hydrogens is 316 g/mol. The summed E-state index contributed by atoms with van der Waals surface area (Å²) in [4.78, 5) is 19.3. The molecule has 0 bridgehead atoms. The summed E-state index contributed by atoms with van der Waals surface area (Å²) in [6.45, 7) is 3.36. The minimum absolute atomic E-state index is 0.130. The first-order valence-corrected chi connectivity index (χ1v) is 8.31. The van der Waals surface area contributed by atoms with E-state index in [1.807, 2.05) is 57.4 Å². The van der Waals surface area contributed by atoms with Crippen LogP contribution in [0.2, 0.25) is 0 Å². The van der Waals surface area contributed by atoms with Crippen LogP contribution in [0, 0.1) is 6.92 Å². The van der Waals surface area contributed by atoms with Gasteiger partial charge in [-0.25, -0.2) is 4.98 Å². The molecule has 0 spiro atoms. The van der Waals surface area contributed by atoms with Gasteiger partial charge >= 0.3 is 0 Å². The zero-order valence-corrected chi connectivity index (χ0v) is 14.7. The summed E-state index contributed by atoms with van der Waals surface area (Å²) in [7, 11) is 4.03. The predicted molar refractivity (Wildman–Crippen MR) is 97.5 cm³/mol. The van der Waals surface area contributed by atoms with Gasteiger partial charge in [-0.05, 0) is 40.1 Å². The Morgan fingerprint density at radius 3 is 2.72 bits per heavy atom. The van der Waals surface area contributed by atoms with Gasteiger partial charge in [-0.2, -0.15) is 0 Å². The number of pyridine rings is 1. The van der Waals surface area contributed by atoms with Crippen LogP contribution in [-0.4, -0.2) is 48.1 Å². The Morgan fingerprint density at radius 1 is 1.24 bits per heavy atom. The van der Waals surface area contributed by atoms with Crippen LogP contribution in [0.5, 0.6) is 0 Å². The lowest BCUT2D eigenvalue weighted by Crippen LogP contribution is -2.27. The van der Waals surface area contributed by atoms with E-state index in [0.29, 0.717) is 34.6 Å². The Hall–Kier alpha value is -2.73. The van der Waals surface area contributed by atoms with Crippen LogP contribution in [0.3, 0.4) is 0 Å². The number of aryl methyl sites for hydroxylation is 1. The molecule has 6 heteroatoms. The molecule has 0 saturated carbocycles. The van der Waals surface area contributed by atoms with Crippen LogP contribution in [0.15, 0.2) is 40.9 Å². The largest absolute Gasteiger partial charge is 0.352 e. The van der Waals surface area contributed by atoms with E-state index < -0.39 is 0 Å². The molecule has 2 heterocycles. The fourth-order valence-electron chi connectivity index (χ4n) is 2.72. The van der Waals surface area contributed by atoms with E-state index in [4.69, 9.17) is 4.52 Å². The van der Waals surface area contributed by atoms with E-state index in [9.17, 15) is 4.79 Å². The molecule has 0 radical (unpaired) electrons. The Labute approximate surface area is 146 Å². The van der Waals surface area contributed by atoms with Gasteiger partial charge in [0, 0.05) is 12.1 Å². The van der Waals surface area contributed by atoms with Crippen molar-refractivity contribution in [1.82, 2.24) is 20.4 Å². The van der Waals surface area contributed by atoms with E-state index in [0.717, 1.165) is 18.5 Å². The monoisotopic (exact) mass is 338 g/mol. The Bertz CT molecular complexity index is 872. The molecule has 3 aromatic rings. The van der Waals surface area contributed by atoms with Crippen molar-refractivity contribution in [3.8, 4) is 11.3 Å². The molecule has 1 aromatic carbocycles. The van der Waals surface area contributed by atoms with Gasteiger partial charge in [-0.15, -0.1) is 0 Å². The predicted octanol–water partition coefficient (Wildman–Crippen LogP) is 2.88. The van der Waals surface area contributed by atoms with E-state index in [1.54, 1.807) is 0 Å². The van der Waals surface area contributed by atoms with Crippen molar-refractivity contribution in [3.05, 3.63) is 47.7 Å². The summed E-state index contributed by atoms with van der Waals surface area (Å²) >= 11 is 0. The molecule has 0 aliphatic heterocycles. The minimum atomic E-state index is -0.130. The number of fused-ring (bicyclic) bond motifs is 1. The Balaban J connectivity index is 1.92. The van der Waals surface area contributed by atoms with Crippen LogP contribution in [0.1, 0.15) is 22.5 Å². The normalized spacial score (nSPS) is 11.2. The fraction of sp³-hybridized carbons (Fsp3) is 0.316. The maximum Gasteiger partial charge on any atom is 0.259 e. The van der Waals surface area contributed by atoms with E-state index >= 15 is 0 Å². The SMILES string of the molecule is Cc1noc2nc(-c3ccccc3)cc(C(=O)NCCCN(C)C)c12. The second kappa shape index (κ2) is 7.44. The van der Waals surface area contributed by atoms with E-state index in [-0.39, 0.29) is 5.91 Å². The molecule has 0 aliphatic rings. The van der Waals surface area contributed by atoms with Gasteiger partial charge in [0.1, 0.15) is 0 Å². The highest BCUT2D eigenvalue weighted by Gasteiger charge is 2.19. The molecule has 2 aromatic heterocycles. The second-order valence-electron chi connectivity index (χ2n) is 6.28. The van der Waals surface area contributed by atoms with Crippen molar-refractivity contribution >= 4 is 17.0 Å². The number of carbonyl (C=O) groups is 1. The summed E-state index contributed by atoms with van der Waals surface area (Å²) in [6.07, 6.45) is 0.890. The van der Waals surface area contributed by atoms with Crippen molar-refractivity contribution in [2.75, 3.05) is 27.2 Å². The summed E-state index contributed by atoms with van der Waals surface area (Å²) in [6, 6.07) is 11.5. The van der Waals surface area contributed by atoms with Crippen molar-refractivity contribution in [1.29, 1.82) is 0 Å². The van der Waals surface area contributed by atoms with Crippen LogP contribution in [-0.2, 0) is 0 Å². The second-order valence-corrected chi connectivity index (χ2v) is 6.28. The summed E-state index contributed by atoms with van der Waals surface area (Å²) in [5.41, 5.74) is 3.23. The lowest BCUT2D eigenvalue weighted by molar-refractivity contribution is 0.0954. The highest BCUT2D eigenvalue weighted by atomic mass is 16.5. The number of carbonyl (C=O) groups excluding carboxylic acids is 1. The number of nitrogens with one attached hydrogen (secondary N) is 1. The molecule has 0 atom stereocenters. The molecule has 1 amide bonds. The topological polar surface area (TPSA) is 71.3 Å². The van der Waals surface area contributed by atoms with Gasteiger partial charge in [0.05, 0.1) is 22.3 Å². The van der Waals surface area contributed by atoms with Crippen LogP contribution in [0.4, 0.5) is 0 Å². The molecule has 25 heavy (non-hydrogen) atoms. The summed E-state index contributed by atoms with van der Waals surface area (Å²) < 4.78 is 5.31. The van der Waals surface area contributed by atoms with Gasteiger partial charge in [0.25, 0.3) is 11.6 Å². The number of hydrogen-bond acceptors (Lipinski definition) is 5. The lowest BCUT2D eigenvalue weighted by atomic mass is 10.1. The van der Waals surface area contributed by atoms with Crippen LogP contribution >= 0.6 is 0 Å². The molecule has 0 unspecified atom stereocenters. The number of hydrogen-bond donors (Lipinski definition) is 1. The smallest absolute Gasteiger partial charge is 0.259 e. The van der Waals surface area contributed by atoms with Gasteiger partial charge in [-0.1, -0.05) is 35.5 Å². The quantitative estimate of drug-likeness (QED) is 0.700. The first-order valence-electron chi connectivity index (χ1n) is 8.31. The zero-order valence-electron chi connectivity index (χ0n) is 14.7. The first kappa shape index (κ1) is 17.1. The summed E-state index contributed by atoms with van der Waals surface area (Å²) in [5.74, 6) is -0.130. The van der Waals surface area contributed by atoms with E-state index in [2.05, 4.69) is 20.4 Å². The lowest BCUT2D eigenvalue weighted by Gasteiger charge is -2.11. The van der Waals surface area contributed by atoms with Gasteiger partial charge in [0.15, 0.2) is 0 Å². The van der Waals surface area contributed by atoms with Crippen molar-refractivity contribution < 1.29 is 9.32 Å². The minimum Gasteiger partial charge on any atom is -0.352 e. The Morgan fingerprint density at radius 2 is 2.00 bits per heavy atom. The maximum absolute atomic E-state index is 12.7. The van der Waals surface area contributed by atoms with Crippen molar-refractivity contribution in [2.24, 2.45) is 0 Å². The van der Waals surface area contributed by atoms with Crippen molar-refractivity contribution in [2.45, 2.75) is 13.3 Å². The van der Waals surface area contributed by atoms with Crippen LogP contribution < -0.4 is 5.32 Å². The van der Waals surface area contributed by atoms with E-state index in [1.165, 1.54) is 0 Å². The van der Waals surface area contributed by atoms with Crippen molar-refractivity contribution in [3.63, 3.8) is 0 Å². The maximum atomic E-state index is 12.7. The highest BCUT2D eigenvalue weighted by Crippen LogP contribution is 2.26. The third kappa shape index (κ3) is 3.85. The first-order chi connectivity index (χ1) is 12.1. The molecule has 130 valence electrons. The molecule has 1 N–H and O–H groups in total. The third-order valence-electron chi connectivity index (χ3n) is 4.00. The third-order valence-corrected chi connectivity index (χ3v) is 4.00. The number of nitrogens with zero attached hydrogens (tertiary/aromatic N) is 3. The molecule has 0 saturated heterocycles. The fourth-order valence-corrected chi connectivity index (χ4v) is 2.72. The highest BCUT2D eigenvalue weighted by molar-refractivity contribution is 6.06. The number of aromatic nitrogens is 2. The summed E-state index contributed by atoms with van der Waals surface area (Å²) in [5, 5.41) is 7.62. The van der Waals surface area contributed by atoms with Gasteiger partial charge in [0.2, 0.25) is 0 Å². The molecule has 0 fully saturated rings. The average Bonchev–Trinajstić information content (AvgIpc) is 2.99. The van der Waals surface area contributed by atoms with Gasteiger partial charge in [-0.3, -0.25) is 4.79 Å². The number of amides is 1. The molecule has 3 rings (SSSR count). The molecule has 6 nitrogen and oxygen atoms in total. The zero-order chi connectivity index (χ0) is 17.8. The van der Waals surface area contributed by atoms with Gasteiger partial charge < -0.3 is 14.7 Å². The Kier molecular flexibility index (Phi) is 5.09. The number of benzene rings is 1. The molecule has 0 aliphatic carbocycles. The standard InChI is InChI=1S/C19H22N4O2/c1-13-17-15(18(24)20-10-7-11-23(2)3)12-16(21-19(17)25-22-13)14-8-5-4-6-9-14/h4-6,8-9,12H,7,10-11H2,1-3H3,(H,20,24). The van der Waals surface area contributed by atoms with Crippen LogP contribution in [0.25, 0.3) is 22.4 Å². The number of rotatable bonds is 6.